The van der Waals surface area contributed by atoms with E-state index in [0.717, 1.165) is 38.0 Å². The lowest BCUT2D eigenvalue weighted by Crippen LogP contribution is -2.52. The molecule has 0 spiro atoms. The minimum absolute atomic E-state index is 0.128. The zero-order chi connectivity index (χ0) is 21.1. The zero-order valence-electron chi connectivity index (χ0n) is 17.4. The molecule has 2 fully saturated rings. The molecule has 0 aliphatic carbocycles. The lowest BCUT2D eigenvalue weighted by atomic mass is 10.1. The molecule has 2 amide bonds. The van der Waals surface area contributed by atoms with E-state index < -0.39 is 6.04 Å². The van der Waals surface area contributed by atoms with Gasteiger partial charge in [0.2, 0.25) is 5.91 Å². The Balaban J connectivity index is 1.39. The van der Waals surface area contributed by atoms with Crippen molar-refractivity contribution in [2.24, 2.45) is 0 Å². The largest absolute Gasteiger partial charge is 0.369 e. The second-order valence-corrected chi connectivity index (χ2v) is 8.06. The second-order valence-electron chi connectivity index (χ2n) is 8.06. The van der Waals surface area contributed by atoms with Crippen molar-refractivity contribution < 1.29 is 14.0 Å². The number of carbonyl (C=O) groups excluding carboxylic acids is 2. The lowest BCUT2D eigenvalue weighted by molar-refractivity contribution is -0.123. The van der Waals surface area contributed by atoms with Crippen LogP contribution in [-0.2, 0) is 16.0 Å². The number of piperazine rings is 1. The minimum atomic E-state index is -0.396. The van der Waals surface area contributed by atoms with Gasteiger partial charge in [0.25, 0.3) is 5.91 Å². The molecule has 0 aromatic heterocycles. The first-order valence-corrected chi connectivity index (χ1v) is 10.8. The molecule has 2 saturated heterocycles. The summed E-state index contributed by atoms with van der Waals surface area (Å²) in [6.45, 7) is 5.05. The smallest absolute Gasteiger partial charge is 0.251 e. The Hall–Kier alpha value is -2.73. The highest BCUT2D eigenvalue weighted by Crippen LogP contribution is 2.27. The molecule has 0 saturated carbocycles. The van der Waals surface area contributed by atoms with Crippen LogP contribution < -0.4 is 9.80 Å². The number of hydrogen-bond acceptors (Lipinski definition) is 4. The normalized spacial score (nSPS) is 20.3. The van der Waals surface area contributed by atoms with Crippen molar-refractivity contribution in [1.82, 2.24) is 4.90 Å². The van der Waals surface area contributed by atoms with Gasteiger partial charge >= 0.3 is 0 Å². The van der Waals surface area contributed by atoms with E-state index >= 15 is 0 Å². The summed E-state index contributed by atoms with van der Waals surface area (Å²) in [5, 5.41) is 0. The Morgan fingerprint density at radius 1 is 0.900 bits per heavy atom. The number of hydrogen-bond donors (Lipinski definition) is 0. The maximum atomic E-state index is 13.2. The van der Waals surface area contributed by atoms with Crippen molar-refractivity contribution in [2.45, 2.75) is 38.6 Å². The lowest BCUT2D eigenvalue weighted by Gasteiger charge is -2.38. The zero-order valence-corrected chi connectivity index (χ0v) is 17.4. The Morgan fingerprint density at radius 3 is 2.17 bits per heavy atom. The van der Waals surface area contributed by atoms with Gasteiger partial charge in [-0.1, -0.05) is 25.5 Å². The number of carbonyl (C=O) groups is 2. The first-order valence-electron chi connectivity index (χ1n) is 10.8. The van der Waals surface area contributed by atoms with Crippen molar-refractivity contribution in [3.63, 3.8) is 0 Å². The van der Waals surface area contributed by atoms with Crippen molar-refractivity contribution in [1.29, 1.82) is 0 Å². The fourth-order valence-corrected chi connectivity index (χ4v) is 4.31. The summed E-state index contributed by atoms with van der Waals surface area (Å²) in [5.41, 5.74) is 2.88. The summed E-state index contributed by atoms with van der Waals surface area (Å²) in [5.74, 6) is -0.505. The maximum Gasteiger partial charge on any atom is 0.251 e. The van der Waals surface area contributed by atoms with E-state index in [2.05, 4.69) is 16.7 Å². The quantitative estimate of drug-likeness (QED) is 0.684. The number of unbranched alkanes of at least 4 members (excludes halogenated alkanes) is 1. The van der Waals surface area contributed by atoms with E-state index in [1.54, 1.807) is 12.1 Å². The average Bonchev–Trinajstić information content (AvgIpc) is 3.07. The molecule has 2 aliphatic heterocycles. The molecule has 0 bridgehead atoms. The molecule has 5 nitrogen and oxygen atoms in total. The van der Waals surface area contributed by atoms with Crippen molar-refractivity contribution in [2.75, 3.05) is 36.0 Å². The third kappa shape index (κ3) is 4.24. The summed E-state index contributed by atoms with van der Waals surface area (Å²) in [4.78, 5) is 31.4. The first kappa shape index (κ1) is 20.5. The fraction of sp³-hybridized carbons (Fsp3) is 0.417. The molecule has 0 N–H and O–H groups in total. The summed E-state index contributed by atoms with van der Waals surface area (Å²) in [6, 6.07) is 13.9. The predicted octanol–water partition coefficient (Wildman–Crippen LogP) is 3.62. The van der Waals surface area contributed by atoms with Gasteiger partial charge in [0, 0.05) is 31.9 Å². The van der Waals surface area contributed by atoms with Crippen LogP contribution in [-0.4, -0.2) is 48.9 Å². The van der Waals surface area contributed by atoms with Crippen LogP contribution >= 0.6 is 0 Å². The predicted molar refractivity (Wildman–Crippen MR) is 116 cm³/mol. The topological polar surface area (TPSA) is 43.9 Å². The molecule has 158 valence electrons. The average molecular weight is 410 g/mol. The van der Waals surface area contributed by atoms with E-state index in [9.17, 15) is 14.0 Å². The van der Waals surface area contributed by atoms with Gasteiger partial charge in [0.05, 0.1) is 18.2 Å². The number of rotatable bonds is 6. The third-order valence-electron chi connectivity index (χ3n) is 6.08. The number of amides is 2. The van der Waals surface area contributed by atoms with Crippen LogP contribution in [0.1, 0.15) is 31.7 Å². The van der Waals surface area contributed by atoms with Gasteiger partial charge in [-0.25, -0.2) is 9.29 Å². The summed E-state index contributed by atoms with van der Waals surface area (Å²) >= 11 is 0. The van der Waals surface area contributed by atoms with E-state index in [-0.39, 0.29) is 24.1 Å². The van der Waals surface area contributed by atoms with Crippen LogP contribution in [0.4, 0.5) is 15.8 Å². The highest BCUT2D eigenvalue weighted by molar-refractivity contribution is 6.22. The molecular weight excluding hydrogens is 381 g/mol. The molecule has 2 aliphatic rings. The van der Waals surface area contributed by atoms with Gasteiger partial charge in [-0.15, -0.1) is 0 Å². The Bertz CT molecular complexity index is 890. The Kier molecular flexibility index (Phi) is 6.13. The Morgan fingerprint density at radius 2 is 1.53 bits per heavy atom. The minimum Gasteiger partial charge on any atom is -0.369 e. The molecule has 0 radical (unpaired) electrons. The number of benzene rings is 2. The van der Waals surface area contributed by atoms with Crippen LogP contribution in [0, 0.1) is 5.82 Å². The summed E-state index contributed by atoms with van der Waals surface area (Å²) in [7, 11) is 0. The molecule has 4 rings (SSSR count). The second kappa shape index (κ2) is 8.96. The van der Waals surface area contributed by atoms with E-state index in [1.807, 2.05) is 24.3 Å². The number of halogens is 1. The van der Waals surface area contributed by atoms with Gasteiger partial charge < -0.3 is 4.90 Å². The molecule has 2 heterocycles. The third-order valence-corrected chi connectivity index (χ3v) is 6.08. The monoisotopic (exact) mass is 409 g/mol. The van der Waals surface area contributed by atoms with Crippen LogP contribution in [0.2, 0.25) is 0 Å². The summed E-state index contributed by atoms with van der Waals surface area (Å²) in [6.07, 6.45) is 3.51. The van der Waals surface area contributed by atoms with Gasteiger partial charge in [-0.2, -0.15) is 0 Å². The van der Waals surface area contributed by atoms with Crippen molar-refractivity contribution in [3.8, 4) is 0 Å². The number of anilines is 2. The standard InChI is InChI=1S/C24H28FN3O2/c1-2-3-4-18-5-9-21(10-6-18)28-23(29)17-22(24(28)30)27-15-13-26(14-16-27)20-11-7-19(25)8-12-20/h5-12,22H,2-4,13-17H2,1H3/t22-/m0/s1. The molecule has 0 unspecified atom stereocenters. The van der Waals surface area contributed by atoms with Crippen molar-refractivity contribution in [3.05, 3.63) is 59.9 Å². The van der Waals surface area contributed by atoms with Crippen LogP contribution in [0.25, 0.3) is 0 Å². The molecule has 1 atom stereocenters. The highest BCUT2D eigenvalue weighted by atomic mass is 19.1. The molecule has 6 heteroatoms. The van der Waals surface area contributed by atoms with E-state index in [4.69, 9.17) is 0 Å². The number of imide groups is 1. The van der Waals surface area contributed by atoms with E-state index in [1.165, 1.54) is 22.6 Å². The Labute approximate surface area is 177 Å². The first-order chi connectivity index (χ1) is 14.6. The van der Waals surface area contributed by atoms with Crippen LogP contribution in [0.5, 0.6) is 0 Å². The maximum absolute atomic E-state index is 13.2. The molecule has 2 aromatic rings. The van der Waals surface area contributed by atoms with E-state index in [0.29, 0.717) is 18.8 Å². The van der Waals surface area contributed by atoms with Gasteiger partial charge in [-0.3, -0.25) is 14.5 Å². The van der Waals surface area contributed by atoms with Gasteiger partial charge in [-0.05, 0) is 54.8 Å². The van der Waals surface area contributed by atoms with Gasteiger partial charge in [0.1, 0.15) is 5.82 Å². The van der Waals surface area contributed by atoms with Crippen LogP contribution in [0.3, 0.4) is 0 Å². The molecular formula is C24H28FN3O2. The van der Waals surface area contributed by atoms with Crippen molar-refractivity contribution >= 4 is 23.2 Å². The number of nitrogens with zero attached hydrogens (tertiary/aromatic N) is 3. The highest BCUT2D eigenvalue weighted by Gasteiger charge is 2.43. The fourth-order valence-electron chi connectivity index (χ4n) is 4.31. The molecule has 2 aromatic carbocycles. The molecule has 30 heavy (non-hydrogen) atoms. The van der Waals surface area contributed by atoms with Crippen LogP contribution in [0.15, 0.2) is 48.5 Å². The number of aryl methyl sites for hydroxylation is 1. The summed E-state index contributed by atoms with van der Waals surface area (Å²) < 4.78 is 13.2. The van der Waals surface area contributed by atoms with Gasteiger partial charge in [0.15, 0.2) is 0 Å². The SMILES string of the molecule is CCCCc1ccc(N2C(=O)C[C@H](N3CCN(c4ccc(F)cc4)CC3)C2=O)cc1.